The Hall–Kier alpha value is -0.123. The van der Waals surface area contributed by atoms with Gasteiger partial charge in [-0.25, -0.2) is 0 Å². The second-order valence-corrected chi connectivity index (χ2v) is 0.0745. The van der Waals surface area contributed by atoms with E-state index >= 15 is 0 Å². The molecule has 0 atom stereocenters. The zero-order chi connectivity index (χ0) is 2.71. The fraction of sp³-hybridized carbons (Fsp3) is 0. The SMILES string of the molecule is O.O.O.O=N[O-].[Li+]. The van der Waals surface area contributed by atoms with Gasteiger partial charge in [0.2, 0.25) is 0 Å². The van der Waals surface area contributed by atoms with Gasteiger partial charge in [-0.3, -0.25) is 0 Å². The summed E-state index contributed by atoms with van der Waals surface area (Å²) in [6, 6.07) is 0. The Bertz CT molecular complexity index is 15.6. The van der Waals surface area contributed by atoms with E-state index in [1.54, 1.807) is 0 Å². The van der Waals surface area contributed by atoms with Crippen molar-refractivity contribution >= 4 is 0 Å². The molecule has 42 valence electrons. The van der Waals surface area contributed by atoms with Crippen LogP contribution in [0.15, 0.2) is 5.34 Å². The van der Waals surface area contributed by atoms with Crippen molar-refractivity contribution in [2.24, 2.45) is 5.34 Å². The summed E-state index contributed by atoms with van der Waals surface area (Å²) in [6.45, 7) is 0. The quantitative estimate of drug-likeness (QED) is 0.173. The average molecular weight is 107 g/mol. The van der Waals surface area contributed by atoms with Gasteiger partial charge in [0.05, 0.1) is 0 Å². The Morgan fingerprint density at radius 2 is 1.14 bits per heavy atom. The van der Waals surface area contributed by atoms with Crippen LogP contribution in [0.1, 0.15) is 0 Å². The van der Waals surface area contributed by atoms with Crippen LogP contribution in [0, 0.1) is 10.1 Å². The predicted octanol–water partition coefficient (Wildman–Crippen LogP) is -5.22. The Morgan fingerprint density at radius 1 is 1.14 bits per heavy atom. The molecule has 0 fully saturated rings. The smallest absolute Gasteiger partial charge is 0.444 e. The average Bonchev–Trinajstić information content (AvgIpc) is 0.918. The molecule has 0 amide bonds. The van der Waals surface area contributed by atoms with Crippen LogP contribution in [-0.2, 0) is 0 Å². The maximum absolute atomic E-state index is 8.00. The Morgan fingerprint density at radius 3 is 1.14 bits per heavy atom. The monoisotopic (exact) mass is 107 g/mol. The fourth-order valence-corrected chi connectivity index (χ4v) is 0. The van der Waals surface area contributed by atoms with Gasteiger partial charge in [-0.2, -0.15) is 0 Å². The molecule has 0 aromatic heterocycles. The molecule has 7 heavy (non-hydrogen) atoms. The summed E-state index contributed by atoms with van der Waals surface area (Å²) in [5.41, 5.74) is 0. The first kappa shape index (κ1) is 67.4. The van der Waals surface area contributed by atoms with Gasteiger partial charge >= 0.3 is 18.9 Å². The predicted molar refractivity (Wildman–Crippen MR) is 20.0 cm³/mol. The summed E-state index contributed by atoms with van der Waals surface area (Å²) in [5.74, 6) is 0. The van der Waals surface area contributed by atoms with E-state index in [-0.39, 0.29) is 35.3 Å². The van der Waals surface area contributed by atoms with E-state index in [2.05, 4.69) is 0 Å². The molecule has 0 aliphatic carbocycles. The molecule has 0 rings (SSSR count). The molecule has 6 N–H and O–H groups in total. The molecule has 0 aromatic rings. The number of nitrogens with zero attached hydrogens (tertiary/aromatic N) is 1. The molecule has 0 heterocycles. The van der Waals surface area contributed by atoms with Crippen molar-refractivity contribution in [3.63, 3.8) is 0 Å². The van der Waals surface area contributed by atoms with Gasteiger partial charge in [0.1, 0.15) is 0 Å². The minimum Gasteiger partial charge on any atom is -0.444 e. The van der Waals surface area contributed by atoms with Gasteiger partial charge in [-0.1, -0.05) is 0 Å². The van der Waals surface area contributed by atoms with Gasteiger partial charge in [0.15, 0.2) is 0 Å². The van der Waals surface area contributed by atoms with E-state index in [1.807, 2.05) is 0 Å². The molecular formula is H6LiNO5. The van der Waals surface area contributed by atoms with E-state index in [1.165, 1.54) is 0 Å². The van der Waals surface area contributed by atoms with Gasteiger partial charge in [-0.05, 0) is 0 Å². The summed E-state index contributed by atoms with van der Waals surface area (Å²) >= 11 is 0. The molecule has 0 radical (unpaired) electrons. The Kier molecular flexibility index (Phi) is 1750. The number of hydrogen-bond donors (Lipinski definition) is 0. The van der Waals surface area contributed by atoms with Crippen LogP contribution < -0.4 is 18.9 Å². The van der Waals surface area contributed by atoms with E-state index < -0.39 is 0 Å². The summed E-state index contributed by atoms with van der Waals surface area (Å²) in [6.07, 6.45) is 0. The van der Waals surface area contributed by atoms with Crippen LogP contribution >= 0.6 is 0 Å². The Labute approximate surface area is 51.6 Å². The van der Waals surface area contributed by atoms with Crippen LogP contribution in [-0.4, -0.2) is 16.4 Å². The molecule has 0 bridgehead atoms. The zero-order valence-corrected chi connectivity index (χ0v) is 3.76. The summed E-state index contributed by atoms with van der Waals surface area (Å²) in [7, 11) is 0. The molecule has 0 saturated heterocycles. The third-order valence-electron chi connectivity index (χ3n) is 0. The van der Waals surface area contributed by atoms with E-state index in [0.717, 1.165) is 5.34 Å². The first-order valence-corrected chi connectivity index (χ1v) is 0.365. The molecule has 0 aliphatic heterocycles. The van der Waals surface area contributed by atoms with Crippen molar-refractivity contribution in [2.45, 2.75) is 0 Å². The Balaban J connectivity index is -0.00000000333. The van der Waals surface area contributed by atoms with Crippen molar-refractivity contribution in [2.75, 3.05) is 0 Å². The van der Waals surface area contributed by atoms with Crippen molar-refractivity contribution in [3.05, 3.63) is 10.1 Å². The normalized spacial score (nSPS) is 1.71. The van der Waals surface area contributed by atoms with Gasteiger partial charge < -0.3 is 26.5 Å². The van der Waals surface area contributed by atoms with Crippen LogP contribution in [0.3, 0.4) is 0 Å². The van der Waals surface area contributed by atoms with E-state index in [0.29, 0.717) is 0 Å². The molecule has 0 aromatic carbocycles. The van der Waals surface area contributed by atoms with Crippen molar-refractivity contribution in [1.82, 2.24) is 0 Å². The summed E-state index contributed by atoms with van der Waals surface area (Å²) < 4.78 is 0. The third-order valence-corrected chi connectivity index (χ3v) is 0. The maximum atomic E-state index is 8.00. The van der Waals surface area contributed by atoms with Crippen LogP contribution in [0.2, 0.25) is 0 Å². The third kappa shape index (κ3) is 5880. The molecule has 6 nitrogen and oxygen atoms in total. The van der Waals surface area contributed by atoms with Gasteiger partial charge in [-0.15, -0.1) is 5.34 Å². The zero-order valence-electron chi connectivity index (χ0n) is 3.76. The van der Waals surface area contributed by atoms with Crippen molar-refractivity contribution < 1.29 is 35.3 Å². The number of rotatable bonds is 0. The van der Waals surface area contributed by atoms with Gasteiger partial charge in [0, 0.05) is 0 Å². The minimum absolute atomic E-state index is 0. The standard InChI is InChI=1S/Li.HNO2.3H2O/c;2-1-3;;;/h;(H,2,3);3*1H2/q+1;;;;/p-1. The topological polar surface area (TPSA) is 147 Å². The molecular weight excluding hydrogens is 101 g/mol. The first-order chi connectivity index (χ1) is 1.41. The summed E-state index contributed by atoms with van der Waals surface area (Å²) in [4.78, 5) is 8.00. The first-order valence-electron chi connectivity index (χ1n) is 0.365. The van der Waals surface area contributed by atoms with E-state index in [9.17, 15) is 0 Å². The second-order valence-electron chi connectivity index (χ2n) is 0.0745. The minimum atomic E-state index is 0. The van der Waals surface area contributed by atoms with Crippen LogP contribution in [0.4, 0.5) is 0 Å². The second kappa shape index (κ2) is 182. The van der Waals surface area contributed by atoms with Crippen LogP contribution in [0.5, 0.6) is 0 Å². The molecule has 7 heteroatoms. The number of hydrogen-bond acceptors (Lipinski definition) is 3. The fourth-order valence-electron chi connectivity index (χ4n) is 0. The molecule has 0 aliphatic rings. The maximum Gasteiger partial charge on any atom is 1.00 e. The molecule has 0 spiro atoms. The largest absolute Gasteiger partial charge is 1.00 e. The van der Waals surface area contributed by atoms with Crippen molar-refractivity contribution in [1.29, 1.82) is 0 Å². The van der Waals surface area contributed by atoms with Gasteiger partial charge in [0.25, 0.3) is 0 Å². The molecule has 0 unspecified atom stereocenters. The van der Waals surface area contributed by atoms with Crippen molar-refractivity contribution in [3.8, 4) is 0 Å². The summed E-state index contributed by atoms with van der Waals surface area (Å²) in [5, 5.41) is 9.00. The van der Waals surface area contributed by atoms with Crippen LogP contribution in [0.25, 0.3) is 0 Å². The van der Waals surface area contributed by atoms with E-state index in [4.69, 9.17) is 10.1 Å². The molecule has 0 saturated carbocycles.